The molecule has 1 heterocycles. The van der Waals surface area contributed by atoms with Gasteiger partial charge in [-0.3, -0.25) is 14.4 Å². The zero-order valence-corrected chi connectivity index (χ0v) is 22.9. The second-order valence-electron chi connectivity index (χ2n) is 9.67. The van der Waals surface area contributed by atoms with Crippen LogP contribution in [0.25, 0.3) is 11.1 Å². The second-order valence-corrected chi connectivity index (χ2v) is 10.1. The number of esters is 1. The fourth-order valence-electron chi connectivity index (χ4n) is 4.30. The van der Waals surface area contributed by atoms with Crippen molar-refractivity contribution in [2.75, 3.05) is 13.7 Å². The Hall–Kier alpha value is -3.71. The smallest absolute Gasteiger partial charge is 0.328 e. The molecule has 5 atom stereocenters. The number of benzene rings is 2. The number of nitrogens with one attached hydrogen (secondary N) is 3. The first-order valence-corrected chi connectivity index (χ1v) is 13.0. The number of ether oxygens (including phenoxy) is 1. The largest absolute Gasteiger partial charge is 0.508 e. The Morgan fingerprint density at radius 3 is 2.40 bits per heavy atom. The highest BCUT2D eigenvalue weighted by Gasteiger charge is 2.32. The third-order valence-corrected chi connectivity index (χ3v) is 6.99. The Labute approximate surface area is 236 Å². The number of nitrogens with two attached hydrogens (primary N) is 2. The molecule has 1 aliphatic rings. The number of carbonyl (C=O) groups is 4. The van der Waals surface area contributed by atoms with E-state index in [2.05, 4.69) is 20.7 Å². The molecule has 216 valence electrons. The number of phenolic OH excluding ortho intramolecular Hbond substituents is 1. The van der Waals surface area contributed by atoms with Gasteiger partial charge in [0.25, 0.3) is 0 Å². The van der Waals surface area contributed by atoms with E-state index in [9.17, 15) is 29.4 Å². The van der Waals surface area contributed by atoms with E-state index in [0.717, 1.165) is 0 Å². The third-order valence-electron chi connectivity index (χ3n) is 6.62. The number of aromatic hydroxyl groups is 1. The molecular weight excluding hydrogens is 542 g/mol. The summed E-state index contributed by atoms with van der Waals surface area (Å²) in [4.78, 5) is 51.6. The first-order valence-electron chi connectivity index (χ1n) is 12.7. The van der Waals surface area contributed by atoms with Gasteiger partial charge < -0.3 is 42.4 Å². The molecule has 0 aliphatic carbocycles. The van der Waals surface area contributed by atoms with Crippen LogP contribution in [-0.2, 0) is 36.8 Å². The van der Waals surface area contributed by atoms with Crippen LogP contribution in [0.2, 0.25) is 5.02 Å². The zero-order chi connectivity index (χ0) is 29.6. The summed E-state index contributed by atoms with van der Waals surface area (Å²) in [6, 6.07) is 5.28. The Kier molecular flexibility index (Phi) is 10.5. The lowest BCUT2D eigenvalue weighted by Gasteiger charge is -2.26. The van der Waals surface area contributed by atoms with Crippen molar-refractivity contribution in [1.82, 2.24) is 16.0 Å². The lowest BCUT2D eigenvalue weighted by Crippen LogP contribution is -2.58. The zero-order valence-electron chi connectivity index (χ0n) is 22.1. The van der Waals surface area contributed by atoms with Crippen molar-refractivity contribution < 1.29 is 34.1 Å². The van der Waals surface area contributed by atoms with Crippen LogP contribution in [-0.4, -0.2) is 77.8 Å². The van der Waals surface area contributed by atoms with Gasteiger partial charge in [0.05, 0.1) is 19.3 Å². The van der Waals surface area contributed by atoms with Gasteiger partial charge in [-0.15, -0.1) is 0 Å². The highest BCUT2D eigenvalue weighted by molar-refractivity contribution is 6.31. The third kappa shape index (κ3) is 7.69. The molecule has 3 amide bonds. The molecule has 0 aromatic heterocycles. The lowest BCUT2D eigenvalue weighted by molar-refractivity contribution is -0.144. The number of hydrogen-bond acceptors (Lipinski definition) is 9. The first-order chi connectivity index (χ1) is 18.9. The van der Waals surface area contributed by atoms with E-state index in [0.29, 0.717) is 27.3 Å². The first kappa shape index (κ1) is 30.8. The lowest BCUT2D eigenvalue weighted by atomic mass is 9.96. The predicted molar refractivity (Wildman–Crippen MR) is 147 cm³/mol. The predicted octanol–water partition coefficient (Wildman–Crippen LogP) is -0.504. The molecule has 0 spiro atoms. The Balaban J connectivity index is 2.10. The number of carbonyl (C=O) groups excluding carboxylic acids is 4. The summed E-state index contributed by atoms with van der Waals surface area (Å²) < 4.78 is 4.67. The van der Waals surface area contributed by atoms with Gasteiger partial charge in [0.2, 0.25) is 17.7 Å². The van der Waals surface area contributed by atoms with E-state index in [-0.39, 0.29) is 31.6 Å². The number of halogens is 1. The van der Waals surface area contributed by atoms with Crippen LogP contribution >= 0.6 is 11.6 Å². The molecule has 4 bridgehead atoms. The quantitative estimate of drug-likeness (QED) is 0.221. The molecular formula is C27H34ClN5O7. The van der Waals surface area contributed by atoms with Crippen molar-refractivity contribution in [3.63, 3.8) is 0 Å². The normalized spacial score (nSPS) is 21.1. The topological polar surface area (TPSA) is 206 Å². The van der Waals surface area contributed by atoms with Crippen molar-refractivity contribution in [3.05, 3.63) is 52.5 Å². The van der Waals surface area contributed by atoms with Crippen LogP contribution in [0, 0.1) is 0 Å². The summed E-state index contributed by atoms with van der Waals surface area (Å²) in [5.41, 5.74) is 14.0. The minimum Gasteiger partial charge on any atom is -0.508 e. The van der Waals surface area contributed by atoms with Gasteiger partial charge >= 0.3 is 5.97 Å². The van der Waals surface area contributed by atoms with Crippen molar-refractivity contribution in [1.29, 1.82) is 0 Å². The van der Waals surface area contributed by atoms with Gasteiger partial charge in [-0.05, 0) is 53.4 Å². The molecule has 0 fully saturated rings. The Morgan fingerprint density at radius 2 is 1.75 bits per heavy atom. The van der Waals surface area contributed by atoms with E-state index in [1.165, 1.54) is 20.1 Å². The fourth-order valence-corrected chi connectivity index (χ4v) is 4.49. The van der Waals surface area contributed by atoms with E-state index in [4.69, 9.17) is 23.1 Å². The molecule has 2 aromatic rings. The maximum atomic E-state index is 13.4. The molecule has 0 saturated carbocycles. The van der Waals surface area contributed by atoms with E-state index < -0.39 is 54.0 Å². The molecule has 1 unspecified atom stereocenters. The summed E-state index contributed by atoms with van der Waals surface area (Å²) >= 11 is 6.48. The monoisotopic (exact) mass is 575 g/mol. The SMILES string of the molecule is COC(=O)[C@H](C)NC(=O)[C@@H]1Cc2cc(ccc2Cl)-c2ccc(O)c(c2)CC(N)C(=O)N[C@@H](C[C@@H](O)CN)C(=O)N1. The van der Waals surface area contributed by atoms with Gasteiger partial charge in [0.15, 0.2) is 0 Å². The van der Waals surface area contributed by atoms with Gasteiger partial charge in [-0.2, -0.15) is 0 Å². The van der Waals surface area contributed by atoms with Gasteiger partial charge in [0.1, 0.15) is 23.9 Å². The summed E-state index contributed by atoms with van der Waals surface area (Å²) in [7, 11) is 1.18. The summed E-state index contributed by atoms with van der Waals surface area (Å²) in [5, 5.41) is 28.5. The molecule has 0 saturated heterocycles. The molecule has 9 N–H and O–H groups in total. The van der Waals surface area contributed by atoms with Crippen LogP contribution in [0.15, 0.2) is 36.4 Å². The van der Waals surface area contributed by atoms with Crippen molar-refractivity contribution in [3.8, 4) is 16.9 Å². The summed E-state index contributed by atoms with van der Waals surface area (Å²) in [6.45, 7) is 1.24. The van der Waals surface area contributed by atoms with E-state index in [1.807, 2.05) is 0 Å². The van der Waals surface area contributed by atoms with Gasteiger partial charge in [0, 0.05) is 30.8 Å². The fraction of sp³-hybridized carbons (Fsp3) is 0.407. The van der Waals surface area contributed by atoms with Crippen LogP contribution in [0.5, 0.6) is 5.75 Å². The maximum Gasteiger partial charge on any atom is 0.328 e. The number of phenols is 1. The van der Waals surface area contributed by atoms with Crippen LogP contribution in [0.3, 0.4) is 0 Å². The molecule has 13 heteroatoms. The van der Waals surface area contributed by atoms with Crippen LogP contribution in [0.1, 0.15) is 24.5 Å². The highest BCUT2D eigenvalue weighted by Crippen LogP contribution is 2.30. The molecule has 3 rings (SSSR count). The molecule has 0 radical (unpaired) electrons. The standard InChI is InChI=1S/C27H34ClN5O7/c1-13(27(39)40-2)31-25(37)21-10-16-7-14(3-5-19(16)28)15-4-6-23(35)17(8-15)9-20(30)24(36)32-22(26(38)33-21)11-18(34)12-29/h3-8,13,18,20-22,34-35H,9-12,29-30H2,1-2H3,(H,31,37)(H,32,36)(H,33,38)/t13-,18+,20?,21-,22-/m0/s1. The van der Waals surface area contributed by atoms with Gasteiger partial charge in [-0.1, -0.05) is 23.7 Å². The van der Waals surface area contributed by atoms with Crippen LogP contribution in [0.4, 0.5) is 0 Å². The maximum absolute atomic E-state index is 13.4. The molecule has 2 aromatic carbocycles. The minimum absolute atomic E-state index is 0.0455. The average molecular weight is 576 g/mol. The average Bonchev–Trinajstić information content (AvgIpc) is 2.93. The number of hydrogen-bond donors (Lipinski definition) is 7. The number of fused-ring (bicyclic) bond motifs is 5. The van der Waals surface area contributed by atoms with Crippen molar-refractivity contribution >= 4 is 35.3 Å². The van der Waals surface area contributed by atoms with Crippen LogP contribution < -0.4 is 27.4 Å². The number of rotatable bonds is 6. The Morgan fingerprint density at radius 1 is 1.10 bits per heavy atom. The Bertz CT molecular complexity index is 1270. The summed E-state index contributed by atoms with van der Waals surface area (Å²) in [5.74, 6) is -2.96. The molecule has 12 nitrogen and oxygen atoms in total. The number of aliphatic hydroxyl groups is 1. The molecule has 40 heavy (non-hydrogen) atoms. The highest BCUT2D eigenvalue weighted by atomic mass is 35.5. The van der Waals surface area contributed by atoms with E-state index in [1.54, 1.807) is 30.3 Å². The number of amides is 3. The molecule has 1 aliphatic heterocycles. The van der Waals surface area contributed by atoms with Crippen molar-refractivity contribution in [2.45, 2.75) is 56.5 Å². The van der Waals surface area contributed by atoms with E-state index >= 15 is 0 Å². The minimum atomic E-state index is -1.31. The summed E-state index contributed by atoms with van der Waals surface area (Å²) in [6.07, 6.45) is -1.53. The van der Waals surface area contributed by atoms with Crippen molar-refractivity contribution in [2.24, 2.45) is 11.5 Å². The van der Waals surface area contributed by atoms with Gasteiger partial charge in [-0.25, -0.2) is 4.79 Å². The number of methoxy groups -OCH3 is 1. The second kappa shape index (κ2) is 13.6. The number of aliphatic hydroxyl groups excluding tert-OH is 1.